The van der Waals surface area contributed by atoms with Gasteiger partial charge in [-0.2, -0.15) is 0 Å². The molecule has 350 valence electrons. The van der Waals surface area contributed by atoms with E-state index in [2.05, 4.69) is 258 Å². The molecule has 74 heavy (non-hydrogen) atoms. The summed E-state index contributed by atoms with van der Waals surface area (Å²) in [6.07, 6.45) is 14.5. The second-order valence-corrected chi connectivity index (χ2v) is 19.4. The predicted molar refractivity (Wildman–Crippen MR) is 307 cm³/mol. The van der Waals surface area contributed by atoms with Gasteiger partial charge >= 0.3 is 0 Å². The number of fused-ring (bicyclic) bond motifs is 7. The molecule has 0 spiro atoms. The standard InChI is InChI=1S/C69H49N5/c1-7-23-46(24-8-1)51-41-52(47-25-9-2-10-26-47)43-53(42-51)68-70-67(50-31-15-5-16-32-50)71-69(72-68)54-44-59(48-27-11-3-12-28-48)65(60(45-54)49-29-13-4-14-30-49)74-61-37-21-19-35-56(61)57-39-40-63-64(66(57)74)58-36-20-22-38-62(58)73(63)55-33-17-6-18-34-55/h1-3,5-13,15-40,42-45,51H,4,14,41H2. The Morgan fingerprint density at radius 3 is 1.70 bits per heavy atom. The molecule has 2 aliphatic rings. The van der Waals surface area contributed by atoms with Crippen molar-refractivity contribution in [3.8, 4) is 45.3 Å². The Morgan fingerprint density at radius 2 is 1.00 bits per heavy atom. The van der Waals surface area contributed by atoms with Crippen molar-refractivity contribution in [2.75, 3.05) is 0 Å². The van der Waals surface area contributed by atoms with Crippen LogP contribution in [0.2, 0.25) is 0 Å². The van der Waals surface area contributed by atoms with Gasteiger partial charge in [-0.3, -0.25) is 0 Å². The Hall–Kier alpha value is -9.45. The summed E-state index contributed by atoms with van der Waals surface area (Å²) in [4.78, 5) is 16.3. The molecule has 0 aliphatic heterocycles. The molecule has 0 saturated heterocycles. The Morgan fingerprint density at radius 1 is 0.419 bits per heavy atom. The highest BCUT2D eigenvalue weighted by Gasteiger charge is 2.27. The van der Waals surface area contributed by atoms with E-state index in [1.807, 2.05) is 6.07 Å². The van der Waals surface area contributed by atoms with E-state index in [0.717, 1.165) is 75.1 Å². The summed E-state index contributed by atoms with van der Waals surface area (Å²) in [6, 6.07) is 80.6. The number of allylic oxidation sites excluding steroid dienone is 8. The van der Waals surface area contributed by atoms with Crippen molar-refractivity contribution in [2.45, 2.75) is 25.2 Å². The van der Waals surface area contributed by atoms with Gasteiger partial charge in [0.25, 0.3) is 0 Å². The second-order valence-electron chi connectivity index (χ2n) is 19.4. The average Bonchev–Trinajstić information content (AvgIpc) is 4.02. The van der Waals surface area contributed by atoms with E-state index >= 15 is 0 Å². The van der Waals surface area contributed by atoms with Crippen LogP contribution in [0, 0.1) is 0 Å². The first-order valence-corrected chi connectivity index (χ1v) is 25.7. The van der Waals surface area contributed by atoms with Crippen molar-refractivity contribution >= 4 is 60.3 Å². The fourth-order valence-corrected chi connectivity index (χ4v) is 11.5. The topological polar surface area (TPSA) is 48.5 Å². The zero-order chi connectivity index (χ0) is 49.0. The van der Waals surface area contributed by atoms with Crippen LogP contribution in [-0.4, -0.2) is 24.1 Å². The quantitative estimate of drug-likeness (QED) is 0.145. The Balaban J connectivity index is 1.08. The van der Waals surface area contributed by atoms with Crippen LogP contribution in [0.4, 0.5) is 0 Å². The summed E-state index contributed by atoms with van der Waals surface area (Å²) in [5.41, 5.74) is 17.9. The van der Waals surface area contributed by atoms with Crippen LogP contribution in [0.3, 0.4) is 0 Å². The van der Waals surface area contributed by atoms with E-state index < -0.39 is 0 Å². The smallest absolute Gasteiger partial charge is 0.164 e. The van der Waals surface area contributed by atoms with Crippen LogP contribution in [0.1, 0.15) is 47.7 Å². The van der Waals surface area contributed by atoms with Gasteiger partial charge in [0.1, 0.15) is 0 Å². The molecule has 1 unspecified atom stereocenters. The molecule has 9 aromatic carbocycles. The van der Waals surface area contributed by atoms with Gasteiger partial charge < -0.3 is 9.13 Å². The van der Waals surface area contributed by atoms with Crippen LogP contribution in [0.5, 0.6) is 0 Å². The van der Waals surface area contributed by atoms with Gasteiger partial charge in [-0.25, -0.2) is 15.0 Å². The highest BCUT2D eigenvalue weighted by atomic mass is 15.0. The molecule has 5 nitrogen and oxygen atoms in total. The highest BCUT2D eigenvalue weighted by Crippen LogP contribution is 2.47. The predicted octanol–water partition coefficient (Wildman–Crippen LogP) is 17.5. The molecule has 3 aromatic heterocycles. The lowest BCUT2D eigenvalue weighted by Crippen LogP contribution is -2.08. The minimum absolute atomic E-state index is 0.131. The molecule has 0 bridgehead atoms. The minimum Gasteiger partial charge on any atom is -0.309 e. The zero-order valence-electron chi connectivity index (χ0n) is 40.7. The summed E-state index contributed by atoms with van der Waals surface area (Å²) in [7, 11) is 0. The average molecular weight is 948 g/mol. The molecule has 0 fully saturated rings. The first kappa shape index (κ1) is 43.3. The Bertz CT molecular complexity index is 4240. The molecule has 2 aliphatic carbocycles. The third-order valence-electron chi connectivity index (χ3n) is 14.9. The number of aromatic nitrogens is 5. The van der Waals surface area contributed by atoms with Crippen molar-refractivity contribution in [2.24, 2.45) is 0 Å². The molecule has 14 rings (SSSR count). The van der Waals surface area contributed by atoms with Gasteiger partial charge in [0.15, 0.2) is 17.5 Å². The van der Waals surface area contributed by atoms with E-state index in [1.54, 1.807) is 0 Å². The van der Waals surface area contributed by atoms with Crippen molar-refractivity contribution < 1.29 is 0 Å². The largest absolute Gasteiger partial charge is 0.309 e. The lowest BCUT2D eigenvalue weighted by atomic mass is 9.83. The Kier molecular flexibility index (Phi) is 10.7. The molecule has 0 radical (unpaired) electrons. The van der Waals surface area contributed by atoms with Crippen LogP contribution in [0.15, 0.2) is 255 Å². The number of rotatable bonds is 9. The van der Waals surface area contributed by atoms with E-state index in [0.29, 0.717) is 17.5 Å². The van der Waals surface area contributed by atoms with Gasteiger partial charge in [-0.15, -0.1) is 0 Å². The van der Waals surface area contributed by atoms with Crippen LogP contribution < -0.4 is 0 Å². The van der Waals surface area contributed by atoms with Crippen LogP contribution in [0.25, 0.3) is 106 Å². The van der Waals surface area contributed by atoms with Crippen molar-refractivity contribution in [1.82, 2.24) is 24.1 Å². The van der Waals surface area contributed by atoms with Crippen molar-refractivity contribution in [1.29, 1.82) is 0 Å². The molecular formula is C69H49N5. The third kappa shape index (κ3) is 7.52. The molecular weight excluding hydrogens is 899 g/mol. The SMILES string of the molecule is C1=CC(c2cc(-c3nc(C4=CC(c5ccccc5)CC(c5ccccc5)=C4)nc(-c4ccccc4)n3)cc(-c3ccccc3)c2-n2c3ccccc3c3ccc4c(c5ccccc5n4-c4ccccc4)c32)=CCC1. The van der Waals surface area contributed by atoms with Gasteiger partial charge in [0.05, 0.1) is 27.8 Å². The molecule has 1 atom stereocenters. The van der Waals surface area contributed by atoms with Gasteiger partial charge in [-0.1, -0.05) is 206 Å². The monoisotopic (exact) mass is 947 g/mol. The van der Waals surface area contributed by atoms with Crippen LogP contribution >= 0.6 is 0 Å². The third-order valence-corrected chi connectivity index (χ3v) is 14.9. The van der Waals surface area contributed by atoms with Gasteiger partial charge in [0.2, 0.25) is 0 Å². The van der Waals surface area contributed by atoms with Gasteiger partial charge in [0, 0.05) is 61.0 Å². The first-order chi connectivity index (χ1) is 36.7. The number of hydrogen-bond donors (Lipinski definition) is 0. The summed E-state index contributed by atoms with van der Waals surface area (Å²) in [5, 5.41) is 4.83. The zero-order valence-corrected chi connectivity index (χ0v) is 40.7. The maximum atomic E-state index is 5.55. The summed E-state index contributed by atoms with van der Waals surface area (Å²) in [5.74, 6) is 2.02. The summed E-state index contributed by atoms with van der Waals surface area (Å²) >= 11 is 0. The molecule has 12 aromatic rings. The Labute approximate surface area is 430 Å². The lowest BCUT2D eigenvalue weighted by Gasteiger charge is -2.23. The van der Waals surface area contributed by atoms with Gasteiger partial charge in [-0.05, 0) is 95.6 Å². The maximum Gasteiger partial charge on any atom is 0.164 e. The van der Waals surface area contributed by atoms with E-state index in [9.17, 15) is 0 Å². The number of hydrogen-bond acceptors (Lipinski definition) is 3. The highest BCUT2D eigenvalue weighted by molar-refractivity contribution is 6.26. The maximum absolute atomic E-state index is 5.55. The molecule has 0 amide bonds. The number of para-hydroxylation sites is 3. The van der Waals surface area contributed by atoms with E-state index in [4.69, 9.17) is 15.0 Å². The fraction of sp³-hybridized carbons (Fsp3) is 0.0580. The first-order valence-electron chi connectivity index (χ1n) is 25.7. The minimum atomic E-state index is 0.131. The molecule has 0 saturated carbocycles. The summed E-state index contributed by atoms with van der Waals surface area (Å²) < 4.78 is 4.99. The molecule has 3 heterocycles. The van der Waals surface area contributed by atoms with E-state index in [1.165, 1.54) is 54.9 Å². The summed E-state index contributed by atoms with van der Waals surface area (Å²) in [6.45, 7) is 0. The van der Waals surface area contributed by atoms with Crippen molar-refractivity contribution in [3.05, 3.63) is 277 Å². The number of nitrogens with zero attached hydrogens (tertiary/aromatic N) is 5. The van der Waals surface area contributed by atoms with Crippen molar-refractivity contribution in [3.63, 3.8) is 0 Å². The van der Waals surface area contributed by atoms with Crippen LogP contribution in [-0.2, 0) is 0 Å². The molecule has 0 N–H and O–H groups in total. The lowest BCUT2D eigenvalue weighted by molar-refractivity contribution is 0.867. The molecule has 5 heteroatoms. The second kappa shape index (κ2) is 18.3. The normalized spacial score (nSPS) is 14.6. The number of benzene rings is 9. The fourth-order valence-electron chi connectivity index (χ4n) is 11.5. The van der Waals surface area contributed by atoms with E-state index in [-0.39, 0.29) is 5.92 Å².